The van der Waals surface area contributed by atoms with Gasteiger partial charge in [0.1, 0.15) is 23.1 Å². The average Bonchev–Trinajstić information content (AvgIpc) is 2.58. The lowest BCUT2D eigenvalue weighted by molar-refractivity contribution is -0.0402. The number of aliphatic hydroxyl groups excluding tert-OH is 1. The molecule has 8 heteroatoms. The van der Waals surface area contributed by atoms with Crippen LogP contribution in [0.15, 0.2) is 24.3 Å². The van der Waals surface area contributed by atoms with Crippen LogP contribution in [0.1, 0.15) is 53.2 Å². The van der Waals surface area contributed by atoms with Crippen molar-refractivity contribution in [1.82, 2.24) is 9.80 Å². The zero-order valence-corrected chi connectivity index (χ0v) is 17.9. The van der Waals surface area contributed by atoms with E-state index in [1.165, 1.54) is 34.1 Å². The Morgan fingerprint density at radius 1 is 1.00 bits per heavy atom. The van der Waals surface area contributed by atoms with Crippen molar-refractivity contribution in [2.75, 3.05) is 19.6 Å². The molecule has 7 nitrogen and oxygen atoms in total. The molecular weight excluding hydrogens is 379 g/mol. The van der Waals surface area contributed by atoms with E-state index in [0.717, 1.165) is 0 Å². The fourth-order valence-corrected chi connectivity index (χ4v) is 3.00. The molecule has 1 aliphatic heterocycles. The van der Waals surface area contributed by atoms with Crippen molar-refractivity contribution in [3.63, 3.8) is 0 Å². The number of nitrogens with zero attached hydrogens (tertiary/aromatic N) is 2. The Bertz CT molecular complexity index is 724. The first-order valence-electron chi connectivity index (χ1n) is 9.68. The monoisotopic (exact) mass is 410 g/mol. The van der Waals surface area contributed by atoms with Crippen molar-refractivity contribution < 1.29 is 28.6 Å². The van der Waals surface area contributed by atoms with Gasteiger partial charge in [0.25, 0.3) is 0 Å². The minimum absolute atomic E-state index is 0.0622. The Kier molecular flexibility index (Phi) is 6.78. The summed E-state index contributed by atoms with van der Waals surface area (Å²) in [4.78, 5) is 28.1. The fourth-order valence-electron chi connectivity index (χ4n) is 3.00. The van der Waals surface area contributed by atoms with Crippen molar-refractivity contribution in [1.29, 1.82) is 0 Å². The van der Waals surface area contributed by atoms with Gasteiger partial charge in [-0.3, -0.25) is 4.90 Å². The zero-order chi connectivity index (χ0) is 22.0. The molecule has 0 radical (unpaired) electrons. The number of ether oxygens (including phenoxy) is 2. The van der Waals surface area contributed by atoms with Gasteiger partial charge in [0, 0.05) is 19.6 Å². The fraction of sp³-hybridized carbons (Fsp3) is 0.619. The van der Waals surface area contributed by atoms with Crippen LogP contribution in [0.25, 0.3) is 0 Å². The van der Waals surface area contributed by atoms with E-state index in [-0.39, 0.29) is 19.6 Å². The number of halogens is 1. The molecule has 1 fully saturated rings. The summed E-state index contributed by atoms with van der Waals surface area (Å²) >= 11 is 0. The van der Waals surface area contributed by atoms with E-state index in [9.17, 15) is 19.1 Å². The first-order chi connectivity index (χ1) is 13.3. The maximum absolute atomic E-state index is 13.3. The standard InChI is InChI=1S/C21H31FN2O5/c1-20(2,3)28-18(26)23-11-12-24(19(27)29-21(4,5)6)16(13-23)17(25)14-7-9-15(22)10-8-14/h7-10,16-17,25H,11-13H2,1-6H3/t16-,17+/m1/s1. The molecule has 1 aliphatic rings. The highest BCUT2D eigenvalue weighted by molar-refractivity contribution is 5.71. The molecule has 1 heterocycles. The summed E-state index contributed by atoms with van der Waals surface area (Å²) in [6, 6.07) is 4.63. The number of rotatable bonds is 2. The number of hydrogen-bond donors (Lipinski definition) is 1. The van der Waals surface area contributed by atoms with Crippen LogP contribution in [0.3, 0.4) is 0 Å². The van der Waals surface area contributed by atoms with Crippen LogP contribution in [0.2, 0.25) is 0 Å². The first-order valence-corrected chi connectivity index (χ1v) is 9.68. The van der Waals surface area contributed by atoms with Crippen LogP contribution in [-0.4, -0.2) is 64.0 Å². The lowest BCUT2D eigenvalue weighted by Crippen LogP contribution is -2.59. The minimum Gasteiger partial charge on any atom is -0.444 e. The summed E-state index contributed by atoms with van der Waals surface area (Å²) in [5.41, 5.74) is -0.925. The summed E-state index contributed by atoms with van der Waals surface area (Å²) in [5.74, 6) is -0.427. The predicted molar refractivity (Wildman–Crippen MR) is 106 cm³/mol. The third-order valence-corrected chi connectivity index (χ3v) is 4.27. The van der Waals surface area contributed by atoms with Gasteiger partial charge in [-0.25, -0.2) is 14.0 Å². The Hall–Kier alpha value is -2.35. The first kappa shape index (κ1) is 22.9. The largest absolute Gasteiger partial charge is 0.444 e. The number of hydrogen-bond acceptors (Lipinski definition) is 5. The molecule has 0 aliphatic carbocycles. The summed E-state index contributed by atoms with van der Waals surface area (Å²) in [5, 5.41) is 10.9. The molecule has 1 aromatic rings. The molecular formula is C21H31FN2O5. The van der Waals surface area contributed by atoms with Gasteiger partial charge < -0.3 is 19.5 Å². The Labute approximate surface area is 171 Å². The Morgan fingerprint density at radius 3 is 2.03 bits per heavy atom. The van der Waals surface area contributed by atoms with E-state index in [2.05, 4.69) is 0 Å². The third kappa shape index (κ3) is 6.59. The molecule has 0 saturated carbocycles. The topological polar surface area (TPSA) is 79.3 Å². The molecule has 1 aromatic carbocycles. The quantitative estimate of drug-likeness (QED) is 0.804. The Morgan fingerprint density at radius 2 is 1.52 bits per heavy atom. The van der Waals surface area contributed by atoms with E-state index >= 15 is 0 Å². The van der Waals surface area contributed by atoms with Crippen molar-refractivity contribution in [2.24, 2.45) is 0 Å². The highest BCUT2D eigenvalue weighted by Gasteiger charge is 2.40. The van der Waals surface area contributed by atoms with E-state index in [4.69, 9.17) is 9.47 Å². The van der Waals surface area contributed by atoms with Crippen LogP contribution in [0, 0.1) is 5.82 Å². The summed E-state index contributed by atoms with van der Waals surface area (Å²) in [7, 11) is 0. The average molecular weight is 410 g/mol. The molecule has 1 N–H and O–H groups in total. The zero-order valence-electron chi connectivity index (χ0n) is 17.9. The number of aliphatic hydroxyl groups is 1. The van der Waals surface area contributed by atoms with Crippen molar-refractivity contribution in [2.45, 2.75) is 64.9 Å². The van der Waals surface area contributed by atoms with Crippen LogP contribution < -0.4 is 0 Å². The predicted octanol–water partition coefficient (Wildman–Crippen LogP) is 3.72. The van der Waals surface area contributed by atoms with Crippen molar-refractivity contribution in [3.05, 3.63) is 35.6 Å². The smallest absolute Gasteiger partial charge is 0.410 e. The van der Waals surface area contributed by atoms with Gasteiger partial charge in [0.05, 0.1) is 6.04 Å². The van der Waals surface area contributed by atoms with Crippen LogP contribution in [-0.2, 0) is 9.47 Å². The lowest BCUT2D eigenvalue weighted by Gasteiger charge is -2.43. The molecule has 2 atom stereocenters. The molecule has 162 valence electrons. The summed E-state index contributed by atoms with van der Waals surface area (Å²) in [6.07, 6.45) is -2.22. The summed E-state index contributed by atoms with van der Waals surface area (Å²) in [6.45, 7) is 11.1. The second-order valence-electron chi connectivity index (χ2n) is 9.16. The molecule has 2 amide bonds. The normalized spacial score (nSPS) is 19.0. The van der Waals surface area contributed by atoms with Gasteiger partial charge in [-0.05, 0) is 59.2 Å². The van der Waals surface area contributed by atoms with Crippen molar-refractivity contribution >= 4 is 12.2 Å². The molecule has 0 aromatic heterocycles. The van der Waals surface area contributed by atoms with E-state index in [1.807, 2.05) is 0 Å². The highest BCUT2D eigenvalue weighted by Crippen LogP contribution is 2.27. The van der Waals surface area contributed by atoms with Gasteiger partial charge in [0.15, 0.2) is 0 Å². The van der Waals surface area contributed by atoms with Gasteiger partial charge >= 0.3 is 12.2 Å². The van der Waals surface area contributed by atoms with Gasteiger partial charge in [-0.2, -0.15) is 0 Å². The number of amides is 2. The maximum Gasteiger partial charge on any atom is 0.410 e. The SMILES string of the molecule is CC(C)(C)OC(=O)N1CCN(C(=O)OC(C)(C)C)[C@@H]([C@@H](O)c2ccc(F)cc2)C1. The van der Waals surface area contributed by atoms with Gasteiger partial charge in [-0.1, -0.05) is 12.1 Å². The molecule has 0 unspecified atom stereocenters. The van der Waals surface area contributed by atoms with Gasteiger partial charge in [0.2, 0.25) is 0 Å². The van der Waals surface area contributed by atoms with E-state index < -0.39 is 41.4 Å². The number of carbonyl (C=O) groups is 2. The van der Waals surface area contributed by atoms with Crippen LogP contribution in [0.5, 0.6) is 0 Å². The molecule has 1 saturated heterocycles. The number of piperazine rings is 1. The van der Waals surface area contributed by atoms with E-state index in [0.29, 0.717) is 5.56 Å². The number of carbonyl (C=O) groups excluding carboxylic acids is 2. The highest BCUT2D eigenvalue weighted by atomic mass is 19.1. The van der Waals surface area contributed by atoms with Crippen LogP contribution >= 0.6 is 0 Å². The maximum atomic E-state index is 13.3. The molecule has 2 rings (SSSR count). The summed E-state index contributed by atoms with van der Waals surface area (Å²) < 4.78 is 24.2. The van der Waals surface area contributed by atoms with Crippen molar-refractivity contribution in [3.8, 4) is 0 Å². The second kappa shape index (κ2) is 8.57. The molecule has 0 spiro atoms. The van der Waals surface area contributed by atoms with Gasteiger partial charge in [-0.15, -0.1) is 0 Å². The Balaban J connectivity index is 2.26. The second-order valence-corrected chi connectivity index (χ2v) is 9.16. The molecule has 0 bridgehead atoms. The van der Waals surface area contributed by atoms with E-state index in [1.54, 1.807) is 41.5 Å². The van der Waals surface area contributed by atoms with Crippen LogP contribution in [0.4, 0.5) is 14.0 Å². The lowest BCUT2D eigenvalue weighted by atomic mass is 9.99. The third-order valence-electron chi connectivity index (χ3n) is 4.27. The molecule has 29 heavy (non-hydrogen) atoms. The minimum atomic E-state index is -1.13. The number of benzene rings is 1.